The number of piperidine rings is 1. The van der Waals surface area contributed by atoms with Gasteiger partial charge < -0.3 is 5.11 Å². The van der Waals surface area contributed by atoms with Crippen molar-refractivity contribution in [1.82, 2.24) is 9.88 Å². The minimum atomic E-state index is -0.706. The first kappa shape index (κ1) is 14.2. The third-order valence-electron chi connectivity index (χ3n) is 3.83. The predicted octanol–water partition coefficient (Wildman–Crippen LogP) is 3.25. The molecule has 1 saturated heterocycles. The monoisotopic (exact) mass is 302 g/mol. The minimum absolute atomic E-state index is 0.346. The highest BCUT2D eigenvalue weighted by atomic mass is 32.1. The summed E-state index contributed by atoms with van der Waals surface area (Å²) in [5.74, 6) is -0.706. The number of hydrogen-bond donors (Lipinski definition) is 1. The van der Waals surface area contributed by atoms with E-state index in [-0.39, 0.29) is 6.04 Å². The van der Waals surface area contributed by atoms with Gasteiger partial charge in [0.25, 0.3) is 0 Å². The number of carboxylic acid groups (broad SMARTS) is 1. The minimum Gasteiger partial charge on any atom is -0.480 e. The zero-order valence-corrected chi connectivity index (χ0v) is 12.6. The fourth-order valence-electron chi connectivity index (χ4n) is 2.75. The lowest BCUT2D eigenvalue weighted by Gasteiger charge is -2.32. The van der Waals surface area contributed by atoms with Crippen LogP contribution in [0.2, 0.25) is 0 Å². The Bertz CT molecular complexity index is 612. The van der Waals surface area contributed by atoms with Crippen molar-refractivity contribution >= 4 is 17.3 Å². The Labute approximate surface area is 128 Å². The summed E-state index contributed by atoms with van der Waals surface area (Å²) in [5, 5.41) is 10.3. The molecule has 0 bridgehead atoms. The molecule has 0 saturated carbocycles. The Balaban J connectivity index is 1.73. The van der Waals surface area contributed by atoms with Crippen molar-refractivity contribution in [3.05, 3.63) is 41.4 Å². The molecule has 2 heterocycles. The molecule has 0 spiro atoms. The molecule has 1 aromatic carbocycles. The molecule has 0 amide bonds. The number of nitrogens with zero attached hydrogens (tertiary/aromatic N) is 2. The summed E-state index contributed by atoms with van der Waals surface area (Å²) >= 11 is 1.65. The van der Waals surface area contributed by atoms with Gasteiger partial charge in [-0.2, -0.15) is 0 Å². The zero-order chi connectivity index (χ0) is 14.7. The Kier molecular flexibility index (Phi) is 4.31. The molecule has 1 aliphatic heterocycles. The first-order valence-corrected chi connectivity index (χ1v) is 8.02. The molecule has 1 aromatic heterocycles. The van der Waals surface area contributed by atoms with E-state index in [0.717, 1.165) is 41.3 Å². The summed E-state index contributed by atoms with van der Waals surface area (Å²) in [6.07, 6.45) is 4.71. The van der Waals surface area contributed by atoms with Gasteiger partial charge in [-0.3, -0.25) is 9.69 Å². The molecule has 4 nitrogen and oxygen atoms in total. The van der Waals surface area contributed by atoms with E-state index in [9.17, 15) is 9.90 Å². The quantitative estimate of drug-likeness (QED) is 0.942. The van der Waals surface area contributed by atoms with Gasteiger partial charge in [0, 0.05) is 23.2 Å². The van der Waals surface area contributed by atoms with Crippen molar-refractivity contribution in [2.24, 2.45) is 0 Å². The number of rotatable bonds is 4. The van der Waals surface area contributed by atoms with Crippen molar-refractivity contribution in [3.8, 4) is 10.6 Å². The van der Waals surface area contributed by atoms with Crippen molar-refractivity contribution in [2.75, 3.05) is 6.54 Å². The molecule has 1 unspecified atom stereocenters. The molecular weight excluding hydrogens is 284 g/mol. The van der Waals surface area contributed by atoms with Crippen LogP contribution in [0.15, 0.2) is 36.5 Å². The van der Waals surface area contributed by atoms with Crippen molar-refractivity contribution < 1.29 is 9.90 Å². The van der Waals surface area contributed by atoms with Gasteiger partial charge in [-0.25, -0.2) is 4.98 Å². The van der Waals surface area contributed by atoms with Gasteiger partial charge in [-0.15, -0.1) is 11.3 Å². The van der Waals surface area contributed by atoms with E-state index >= 15 is 0 Å². The lowest BCUT2D eigenvalue weighted by atomic mass is 10.0. The third-order valence-corrected chi connectivity index (χ3v) is 4.86. The van der Waals surface area contributed by atoms with Crippen LogP contribution >= 0.6 is 11.3 Å². The number of benzene rings is 1. The van der Waals surface area contributed by atoms with Crippen LogP contribution in [0.5, 0.6) is 0 Å². The lowest BCUT2D eigenvalue weighted by Crippen LogP contribution is -2.43. The molecule has 2 aromatic rings. The summed E-state index contributed by atoms with van der Waals surface area (Å²) in [6.45, 7) is 1.54. The molecule has 1 fully saturated rings. The third kappa shape index (κ3) is 3.31. The van der Waals surface area contributed by atoms with E-state index in [1.54, 1.807) is 11.3 Å². The number of aromatic nitrogens is 1. The molecule has 5 heteroatoms. The molecule has 3 rings (SSSR count). The smallest absolute Gasteiger partial charge is 0.320 e. The fourth-order valence-corrected chi connectivity index (χ4v) is 3.70. The van der Waals surface area contributed by atoms with Crippen LogP contribution in [0, 0.1) is 0 Å². The SMILES string of the molecule is O=C(O)C1CCCCN1Cc1cnc(-c2ccccc2)s1. The van der Waals surface area contributed by atoms with Crippen molar-refractivity contribution in [1.29, 1.82) is 0 Å². The van der Waals surface area contributed by atoms with Crippen LogP contribution in [-0.4, -0.2) is 33.5 Å². The van der Waals surface area contributed by atoms with Gasteiger partial charge in [0.2, 0.25) is 0 Å². The number of likely N-dealkylation sites (tertiary alicyclic amines) is 1. The maximum Gasteiger partial charge on any atom is 0.320 e. The van der Waals surface area contributed by atoms with Gasteiger partial charge >= 0.3 is 5.97 Å². The normalized spacial score (nSPS) is 19.5. The van der Waals surface area contributed by atoms with Gasteiger partial charge in [-0.1, -0.05) is 36.8 Å². The topological polar surface area (TPSA) is 53.4 Å². The lowest BCUT2D eigenvalue weighted by molar-refractivity contribution is -0.144. The van der Waals surface area contributed by atoms with E-state index in [2.05, 4.69) is 9.88 Å². The van der Waals surface area contributed by atoms with Gasteiger partial charge in [0.1, 0.15) is 11.0 Å². The predicted molar refractivity (Wildman–Crippen MR) is 83.2 cm³/mol. The summed E-state index contributed by atoms with van der Waals surface area (Å²) in [4.78, 5) is 19.0. The number of thiazole rings is 1. The van der Waals surface area contributed by atoms with Gasteiger partial charge in [0.15, 0.2) is 0 Å². The maximum absolute atomic E-state index is 11.3. The average molecular weight is 302 g/mol. The van der Waals surface area contributed by atoms with Crippen LogP contribution in [0.1, 0.15) is 24.1 Å². The first-order valence-electron chi connectivity index (χ1n) is 7.21. The van der Waals surface area contributed by atoms with E-state index in [0.29, 0.717) is 6.54 Å². The molecular formula is C16H18N2O2S. The van der Waals surface area contributed by atoms with Gasteiger partial charge in [-0.05, 0) is 19.4 Å². The molecule has 1 atom stereocenters. The van der Waals surface area contributed by atoms with Crippen LogP contribution in [-0.2, 0) is 11.3 Å². The second kappa shape index (κ2) is 6.37. The molecule has 0 radical (unpaired) electrons. The van der Waals surface area contributed by atoms with E-state index < -0.39 is 5.97 Å². The maximum atomic E-state index is 11.3. The highest BCUT2D eigenvalue weighted by molar-refractivity contribution is 7.15. The van der Waals surface area contributed by atoms with Crippen LogP contribution in [0.3, 0.4) is 0 Å². The molecule has 1 N–H and O–H groups in total. The molecule has 1 aliphatic rings. The zero-order valence-electron chi connectivity index (χ0n) is 11.7. The second-order valence-corrected chi connectivity index (χ2v) is 6.43. The molecule has 21 heavy (non-hydrogen) atoms. The highest BCUT2D eigenvalue weighted by Crippen LogP contribution is 2.27. The Hall–Kier alpha value is -1.72. The number of hydrogen-bond acceptors (Lipinski definition) is 4. The van der Waals surface area contributed by atoms with Crippen molar-refractivity contribution in [2.45, 2.75) is 31.8 Å². The highest BCUT2D eigenvalue weighted by Gasteiger charge is 2.28. The summed E-state index contributed by atoms with van der Waals surface area (Å²) in [7, 11) is 0. The largest absolute Gasteiger partial charge is 0.480 e. The number of carbonyl (C=O) groups is 1. The number of carboxylic acids is 1. The van der Waals surface area contributed by atoms with Crippen LogP contribution in [0.4, 0.5) is 0 Å². The first-order chi connectivity index (χ1) is 10.2. The van der Waals surface area contributed by atoms with E-state index in [4.69, 9.17) is 0 Å². The van der Waals surface area contributed by atoms with Gasteiger partial charge in [0.05, 0.1) is 0 Å². The van der Waals surface area contributed by atoms with Crippen LogP contribution in [0.25, 0.3) is 10.6 Å². The Morgan fingerprint density at radius 3 is 2.90 bits per heavy atom. The average Bonchev–Trinajstić information content (AvgIpc) is 2.97. The van der Waals surface area contributed by atoms with E-state index in [1.165, 1.54) is 0 Å². The Morgan fingerprint density at radius 1 is 1.33 bits per heavy atom. The summed E-state index contributed by atoms with van der Waals surface area (Å²) in [5.41, 5.74) is 1.11. The fraction of sp³-hybridized carbons (Fsp3) is 0.375. The molecule has 0 aliphatic carbocycles. The van der Waals surface area contributed by atoms with E-state index in [1.807, 2.05) is 36.5 Å². The second-order valence-electron chi connectivity index (χ2n) is 5.32. The standard InChI is InChI=1S/C16H18N2O2S/c19-16(20)14-8-4-5-9-18(14)11-13-10-17-15(21-13)12-6-2-1-3-7-12/h1-3,6-7,10,14H,4-5,8-9,11H2,(H,19,20). The van der Waals surface area contributed by atoms with Crippen molar-refractivity contribution in [3.63, 3.8) is 0 Å². The summed E-state index contributed by atoms with van der Waals surface area (Å²) < 4.78 is 0. The summed E-state index contributed by atoms with van der Waals surface area (Å²) in [6, 6.07) is 9.74. The van der Waals surface area contributed by atoms with Crippen LogP contribution < -0.4 is 0 Å². The molecule has 110 valence electrons. The number of aliphatic carboxylic acids is 1. The Morgan fingerprint density at radius 2 is 2.14 bits per heavy atom.